The summed E-state index contributed by atoms with van der Waals surface area (Å²) in [5, 5.41) is 1.07. The highest BCUT2D eigenvalue weighted by molar-refractivity contribution is 6.94. The minimum absolute atomic E-state index is 0.241. The van der Waals surface area contributed by atoms with Gasteiger partial charge in [0.05, 0.1) is 13.2 Å². The van der Waals surface area contributed by atoms with Crippen LogP contribution in [0.4, 0.5) is 0 Å². The second-order valence-electron chi connectivity index (χ2n) is 4.89. The Balaban J connectivity index is 2.93. The molecule has 5 heteroatoms. The van der Waals surface area contributed by atoms with Gasteiger partial charge in [0.15, 0.2) is 0 Å². The van der Waals surface area contributed by atoms with Gasteiger partial charge in [0.2, 0.25) is 0 Å². The van der Waals surface area contributed by atoms with Crippen LogP contribution in [0.2, 0.25) is 18.6 Å². The molecule has 0 saturated heterocycles. The Morgan fingerprint density at radius 1 is 0.950 bits per heavy atom. The summed E-state index contributed by atoms with van der Waals surface area (Å²) in [7, 11) is -2.28. The fourth-order valence-electron chi connectivity index (χ4n) is 2.17. The monoisotopic (exact) mass is 294 g/mol. The molecule has 0 aliphatic heterocycles. The highest BCUT2D eigenvalue weighted by atomic mass is 28.3. The fourth-order valence-corrected chi connectivity index (χ4v) is 5.18. The van der Waals surface area contributed by atoms with Crippen LogP contribution >= 0.6 is 0 Å². The Bertz CT molecular complexity index is 424. The molecule has 110 valence electrons. The zero-order chi connectivity index (χ0) is 15.0. The molecule has 0 fully saturated rings. The van der Waals surface area contributed by atoms with E-state index in [2.05, 4.69) is 0 Å². The molecule has 0 amide bonds. The normalized spacial score (nSPS) is 10.9. The number of carbonyl (C=O) groups is 2. The van der Waals surface area contributed by atoms with Crippen molar-refractivity contribution >= 4 is 25.2 Å². The SMILES string of the molecule is CCOC(=O)C[Si](C)(CC(=O)OCC)c1ccccc1. The average molecular weight is 294 g/mol. The van der Waals surface area contributed by atoms with Crippen molar-refractivity contribution in [3.05, 3.63) is 30.3 Å². The molecule has 4 nitrogen and oxygen atoms in total. The molecule has 0 aromatic heterocycles. The highest BCUT2D eigenvalue weighted by Gasteiger charge is 2.36. The Kier molecular flexibility index (Phi) is 6.44. The van der Waals surface area contributed by atoms with Crippen molar-refractivity contribution in [3.63, 3.8) is 0 Å². The summed E-state index contributed by atoms with van der Waals surface area (Å²) in [6.07, 6.45) is 0. The zero-order valence-corrected chi connectivity index (χ0v) is 13.3. The molecule has 0 spiro atoms. The number of carbonyl (C=O) groups excluding carboxylic acids is 2. The summed E-state index contributed by atoms with van der Waals surface area (Å²) in [5.41, 5.74) is 0. The van der Waals surface area contributed by atoms with Gasteiger partial charge in [-0.05, 0) is 13.8 Å². The summed E-state index contributed by atoms with van der Waals surface area (Å²) in [6.45, 7) is 6.31. The van der Waals surface area contributed by atoms with Crippen molar-refractivity contribution in [2.75, 3.05) is 13.2 Å². The molecule has 0 N–H and O–H groups in total. The van der Waals surface area contributed by atoms with E-state index in [1.54, 1.807) is 13.8 Å². The van der Waals surface area contributed by atoms with Crippen LogP contribution < -0.4 is 5.19 Å². The van der Waals surface area contributed by atoms with E-state index in [0.717, 1.165) is 5.19 Å². The molecule has 0 bridgehead atoms. The van der Waals surface area contributed by atoms with Gasteiger partial charge in [0.1, 0.15) is 8.07 Å². The fraction of sp³-hybridized carbons (Fsp3) is 0.467. The van der Waals surface area contributed by atoms with Gasteiger partial charge < -0.3 is 9.47 Å². The lowest BCUT2D eigenvalue weighted by atomic mass is 10.4. The number of benzene rings is 1. The highest BCUT2D eigenvalue weighted by Crippen LogP contribution is 2.18. The van der Waals surface area contributed by atoms with Crippen molar-refractivity contribution in [1.82, 2.24) is 0 Å². The van der Waals surface area contributed by atoms with Crippen molar-refractivity contribution in [2.24, 2.45) is 0 Å². The lowest BCUT2D eigenvalue weighted by molar-refractivity contribution is -0.140. The van der Waals surface area contributed by atoms with Crippen molar-refractivity contribution in [1.29, 1.82) is 0 Å². The molecule has 1 aromatic carbocycles. The summed E-state index contributed by atoms with van der Waals surface area (Å²) in [4.78, 5) is 23.7. The van der Waals surface area contributed by atoms with E-state index >= 15 is 0 Å². The first-order chi connectivity index (χ1) is 9.51. The largest absolute Gasteiger partial charge is 0.466 e. The van der Waals surface area contributed by atoms with Gasteiger partial charge in [0.25, 0.3) is 0 Å². The molecule has 0 radical (unpaired) electrons. The van der Waals surface area contributed by atoms with Crippen LogP contribution in [-0.4, -0.2) is 33.2 Å². The maximum Gasteiger partial charge on any atom is 0.303 e. The zero-order valence-electron chi connectivity index (χ0n) is 12.3. The third-order valence-electron chi connectivity index (χ3n) is 3.15. The van der Waals surface area contributed by atoms with Crippen molar-refractivity contribution < 1.29 is 19.1 Å². The predicted molar refractivity (Wildman–Crippen MR) is 80.6 cm³/mol. The molecular weight excluding hydrogens is 272 g/mol. The van der Waals surface area contributed by atoms with Gasteiger partial charge in [-0.3, -0.25) is 9.59 Å². The number of hydrogen-bond donors (Lipinski definition) is 0. The van der Waals surface area contributed by atoms with Crippen molar-refractivity contribution in [2.45, 2.75) is 32.5 Å². The van der Waals surface area contributed by atoms with Crippen LogP contribution in [0.3, 0.4) is 0 Å². The first-order valence-corrected chi connectivity index (χ1v) is 9.80. The Morgan fingerprint density at radius 3 is 1.80 bits per heavy atom. The third-order valence-corrected chi connectivity index (χ3v) is 7.02. The minimum Gasteiger partial charge on any atom is -0.466 e. The van der Waals surface area contributed by atoms with E-state index in [-0.39, 0.29) is 11.9 Å². The summed E-state index contributed by atoms with van der Waals surface area (Å²) in [5.74, 6) is -0.482. The van der Waals surface area contributed by atoms with Crippen LogP contribution in [0, 0.1) is 0 Å². The Hall–Kier alpha value is -1.62. The van der Waals surface area contributed by atoms with E-state index in [0.29, 0.717) is 25.3 Å². The lowest BCUT2D eigenvalue weighted by Crippen LogP contribution is -2.48. The molecule has 20 heavy (non-hydrogen) atoms. The van der Waals surface area contributed by atoms with Crippen LogP contribution in [0.25, 0.3) is 0 Å². The quantitative estimate of drug-likeness (QED) is 0.571. The average Bonchev–Trinajstić information content (AvgIpc) is 2.40. The number of ether oxygens (including phenoxy) is 2. The van der Waals surface area contributed by atoms with Crippen LogP contribution in [-0.2, 0) is 19.1 Å². The van der Waals surface area contributed by atoms with E-state index in [1.165, 1.54) is 0 Å². The number of esters is 2. The van der Waals surface area contributed by atoms with Gasteiger partial charge in [-0.2, -0.15) is 0 Å². The second-order valence-corrected chi connectivity index (χ2v) is 9.30. The summed E-state index contributed by atoms with van der Waals surface area (Å²) >= 11 is 0. The molecule has 1 rings (SSSR count). The van der Waals surface area contributed by atoms with Gasteiger partial charge in [-0.15, -0.1) is 0 Å². The van der Waals surface area contributed by atoms with Gasteiger partial charge in [-0.25, -0.2) is 0 Å². The minimum atomic E-state index is -2.28. The standard InChI is InChI=1S/C15H22O4Si/c1-4-18-14(16)11-20(3,12-15(17)19-5-2)13-9-7-6-8-10-13/h6-10H,4-5,11-12H2,1-3H3. The maximum absolute atomic E-state index is 11.8. The molecule has 1 aromatic rings. The molecule has 0 heterocycles. The molecule has 0 aliphatic rings. The predicted octanol–water partition coefficient (Wildman–Crippen LogP) is 2.10. The topological polar surface area (TPSA) is 52.6 Å². The van der Waals surface area contributed by atoms with Crippen LogP contribution in [0.5, 0.6) is 0 Å². The summed E-state index contributed by atoms with van der Waals surface area (Å²) < 4.78 is 10.1. The first kappa shape index (κ1) is 16.4. The van der Waals surface area contributed by atoms with Gasteiger partial charge in [-0.1, -0.05) is 42.1 Å². The third kappa shape index (κ3) is 4.81. The van der Waals surface area contributed by atoms with E-state index in [9.17, 15) is 9.59 Å². The van der Waals surface area contributed by atoms with Gasteiger partial charge >= 0.3 is 11.9 Å². The smallest absolute Gasteiger partial charge is 0.303 e. The summed E-state index contributed by atoms with van der Waals surface area (Å²) in [6, 6.07) is 10.3. The lowest BCUT2D eigenvalue weighted by Gasteiger charge is -2.26. The van der Waals surface area contributed by atoms with Crippen LogP contribution in [0.15, 0.2) is 30.3 Å². The molecule has 0 aliphatic carbocycles. The van der Waals surface area contributed by atoms with Crippen LogP contribution in [0.1, 0.15) is 13.8 Å². The van der Waals surface area contributed by atoms with E-state index in [1.807, 2.05) is 36.9 Å². The van der Waals surface area contributed by atoms with E-state index in [4.69, 9.17) is 9.47 Å². The Morgan fingerprint density at radius 2 is 1.40 bits per heavy atom. The maximum atomic E-state index is 11.8. The van der Waals surface area contributed by atoms with Gasteiger partial charge in [0, 0.05) is 12.1 Å². The number of hydrogen-bond acceptors (Lipinski definition) is 4. The van der Waals surface area contributed by atoms with Crippen molar-refractivity contribution in [3.8, 4) is 0 Å². The second kappa shape index (κ2) is 7.84. The number of rotatable bonds is 7. The Labute approximate surface area is 121 Å². The molecule has 0 atom stereocenters. The first-order valence-electron chi connectivity index (χ1n) is 6.88. The molecular formula is C15H22O4Si. The molecule has 0 unspecified atom stereocenters. The molecule has 0 saturated carbocycles. The van der Waals surface area contributed by atoms with E-state index < -0.39 is 8.07 Å².